The van der Waals surface area contributed by atoms with Crippen molar-refractivity contribution in [2.24, 2.45) is 0 Å². The summed E-state index contributed by atoms with van der Waals surface area (Å²) < 4.78 is 0. The largest absolute Gasteiger partial charge is 0.481 e. The predicted molar refractivity (Wildman–Crippen MR) is 80.1 cm³/mol. The third-order valence-electron chi connectivity index (χ3n) is 4.16. The first-order valence-corrected chi connectivity index (χ1v) is 7.21. The number of benzene rings is 1. The highest BCUT2D eigenvalue weighted by Crippen LogP contribution is 2.33. The summed E-state index contributed by atoms with van der Waals surface area (Å²) in [5.41, 5.74) is 0.520. The van der Waals surface area contributed by atoms with E-state index in [0.717, 1.165) is 31.7 Å². The maximum absolute atomic E-state index is 11.3. The highest BCUT2D eigenvalue weighted by atomic mass is 35.5. The van der Waals surface area contributed by atoms with E-state index in [1.165, 1.54) is 0 Å². The van der Waals surface area contributed by atoms with Gasteiger partial charge in [0, 0.05) is 31.2 Å². The van der Waals surface area contributed by atoms with E-state index in [2.05, 4.69) is 16.8 Å². The van der Waals surface area contributed by atoms with Crippen molar-refractivity contribution in [1.82, 2.24) is 9.80 Å². The molecule has 4 nitrogen and oxygen atoms in total. The molecule has 0 radical (unpaired) electrons. The van der Waals surface area contributed by atoms with Gasteiger partial charge in [0.15, 0.2) is 0 Å². The first-order chi connectivity index (χ1) is 9.41. The number of piperazine rings is 1. The Morgan fingerprint density at radius 3 is 2.30 bits per heavy atom. The molecular formula is C15H21ClN2O2. The highest BCUT2D eigenvalue weighted by Gasteiger charge is 2.37. The van der Waals surface area contributed by atoms with Crippen LogP contribution in [0.25, 0.3) is 0 Å². The molecule has 0 spiro atoms. The van der Waals surface area contributed by atoms with E-state index in [-0.39, 0.29) is 6.42 Å². The number of hydrogen-bond donors (Lipinski definition) is 1. The molecule has 1 aliphatic rings. The molecule has 1 saturated heterocycles. The molecule has 1 N–H and O–H groups in total. The van der Waals surface area contributed by atoms with E-state index in [1.54, 1.807) is 0 Å². The van der Waals surface area contributed by atoms with Gasteiger partial charge < -0.3 is 10.0 Å². The Morgan fingerprint density at radius 1 is 1.25 bits per heavy atom. The molecule has 1 unspecified atom stereocenters. The summed E-state index contributed by atoms with van der Waals surface area (Å²) in [6.07, 6.45) is 0.0956. The highest BCUT2D eigenvalue weighted by molar-refractivity contribution is 6.30. The normalized spacial score (nSPS) is 20.6. The third kappa shape index (κ3) is 3.32. The monoisotopic (exact) mass is 296 g/mol. The van der Waals surface area contributed by atoms with Gasteiger partial charge in [0.1, 0.15) is 0 Å². The Kier molecular flexibility index (Phi) is 4.68. The number of aliphatic carboxylic acids is 1. The minimum absolute atomic E-state index is 0.0956. The Morgan fingerprint density at radius 2 is 1.80 bits per heavy atom. The Bertz CT molecular complexity index is 469. The van der Waals surface area contributed by atoms with Crippen molar-refractivity contribution in [2.45, 2.75) is 18.9 Å². The van der Waals surface area contributed by atoms with E-state index in [4.69, 9.17) is 11.6 Å². The Hall–Kier alpha value is -1.10. The summed E-state index contributed by atoms with van der Waals surface area (Å²) in [7, 11) is 2.09. The zero-order valence-corrected chi connectivity index (χ0v) is 12.7. The van der Waals surface area contributed by atoms with Crippen LogP contribution in [0.3, 0.4) is 0 Å². The van der Waals surface area contributed by atoms with Gasteiger partial charge in [-0.1, -0.05) is 23.7 Å². The lowest BCUT2D eigenvalue weighted by Gasteiger charge is -2.45. The standard InChI is InChI=1S/C15H21ClN2O2/c1-15(11-14(19)20,12-3-5-13(16)6-4-12)18-9-7-17(2)8-10-18/h3-6H,7-11H2,1-2H3,(H,19,20). The average molecular weight is 297 g/mol. The van der Waals surface area contributed by atoms with Crippen molar-refractivity contribution in [3.8, 4) is 0 Å². The van der Waals surface area contributed by atoms with E-state index in [9.17, 15) is 9.90 Å². The van der Waals surface area contributed by atoms with E-state index < -0.39 is 11.5 Å². The van der Waals surface area contributed by atoms with Crippen LogP contribution >= 0.6 is 11.6 Å². The smallest absolute Gasteiger partial charge is 0.305 e. The molecule has 0 amide bonds. The van der Waals surface area contributed by atoms with Crippen molar-refractivity contribution < 1.29 is 9.90 Å². The van der Waals surface area contributed by atoms with Crippen LogP contribution in [-0.4, -0.2) is 54.1 Å². The number of carbonyl (C=O) groups is 1. The van der Waals surface area contributed by atoms with E-state index in [1.807, 2.05) is 31.2 Å². The van der Waals surface area contributed by atoms with Gasteiger partial charge in [-0.3, -0.25) is 9.69 Å². The Balaban J connectivity index is 2.29. The second-order valence-electron chi connectivity index (χ2n) is 5.64. The van der Waals surface area contributed by atoms with Gasteiger partial charge in [-0.25, -0.2) is 0 Å². The molecule has 1 aromatic carbocycles. The minimum Gasteiger partial charge on any atom is -0.481 e. The van der Waals surface area contributed by atoms with Crippen molar-refractivity contribution in [2.75, 3.05) is 33.2 Å². The second kappa shape index (κ2) is 6.12. The van der Waals surface area contributed by atoms with Crippen molar-refractivity contribution in [1.29, 1.82) is 0 Å². The molecule has 5 heteroatoms. The third-order valence-corrected chi connectivity index (χ3v) is 4.41. The van der Waals surface area contributed by atoms with Crippen LogP contribution in [-0.2, 0) is 10.3 Å². The molecule has 1 aromatic rings. The predicted octanol–water partition coefficient (Wildman–Crippen LogP) is 2.28. The molecule has 1 aliphatic heterocycles. The number of halogens is 1. The maximum Gasteiger partial charge on any atom is 0.305 e. The van der Waals surface area contributed by atoms with Crippen molar-refractivity contribution in [3.63, 3.8) is 0 Å². The lowest BCUT2D eigenvalue weighted by Crippen LogP contribution is -2.54. The first-order valence-electron chi connectivity index (χ1n) is 6.83. The van der Waals surface area contributed by atoms with Crippen LogP contribution in [0.4, 0.5) is 0 Å². The second-order valence-corrected chi connectivity index (χ2v) is 6.08. The van der Waals surface area contributed by atoms with Crippen molar-refractivity contribution >= 4 is 17.6 Å². The lowest BCUT2D eigenvalue weighted by molar-refractivity contribution is -0.140. The van der Waals surface area contributed by atoms with Crippen LogP contribution in [0.1, 0.15) is 18.9 Å². The van der Waals surface area contributed by atoms with Crippen molar-refractivity contribution in [3.05, 3.63) is 34.9 Å². The summed E-state index contributed by atoms with van der Waals surface area (Å²) in [5, 5.41) is 9.96. The zero-order valence-electron chi connectivity index (χ0n) is 12.0. The molecule has 0 aliphatic carbocycles. The molecule has 1 atom stereocenters. The average Bonchev–Trinajstić information content (AvgIpc) is 2.39. The number of nitrogens with zero attached hydrogens (tertiary/aromatic N) is 2. The molecule has 20 heavy (non-hydrogen) atoms. The summed E-state index contributed by atoms with van der Waals surface area (Å²) in [5.74, 6) is -0.777. The molecule has 0 bridgehead atoms. The minimum atomic E-state index is -0.777. The molecule has 1 heterocycles. The summed E-state index contributed by atoms with van der Waals surface area (Å²) >= 11 is 5.94. The van der Waals surface area contributed by atoms with E-state index in [0.29, 0.717) is 5.02 Å². The quantitative estimate of drug-likeness (QED) is 0.926. The fourth-order valence-electron chi connectivity index (χ4n) is 2.80. The SMILES string of the molecule is CN1CCN(C(C)(CC(=O)O)c2ccc(Cl)cc2)CC1. The number of carboxylic acids is 1. The lowest BCUT2D eigenvalue weighted by atomic mass is 9.86. The molecule has 2 rings (SSSR count). The van der Waals surface area contributed by atoms with Crippen LogP contribution in [0.5, 0.6) is 0 Å². The number of likely N-dealkylation sites (N-methyl/N-ethyl adjacent to an activating group) is 1. The first kappa shape index (κ1) is 15.3. The van der Waals surface area contributed by atoms with Crippen LogP contribution in [0.2, 0.25) is 5.02 Å². The number of carboxylic acid groups (broad SMARTS) is 1. The maximum atomic E-state index is 11.3. The summed E-state index contributed by atoms with van der Waals surface area (Å²) in [4.78, 5) is 15.8. The zero-order chi connectivity index (χ0) is 14.8. The van der Waals surface area contributed by atoms with Gasteiger partial charge in [-0.2, -0.15) is 0 Å². The number of rotatable bonds is 4. The van der Waals surface area contributed by atoms with Gasteiger partial charge in [0.25, 0.3) is 0 Å². The van der Waals surface area contributed by atoms with Gasteiger partial charge in [-0.15, -0.1) is 0 Å². The van der Waals surface area contributed by atoms with Crippen LogP contribution in [0, 0.1) is 0 Å². The fourth-order valence-corrected chi connectivity index (χ4v) is 2.93. The van der Waals surface area contributed by atoms with Crippen LogP contribution < -0.4 is 0 Å². The molecule has 110 valence electrons. The topological polar surface area (TPSA) is 43.8 Å². The molecule has 0 aromatic heterocycles. The van der Waals surface area contributed by atoms with Gasteiger partial charge in [-0.05, 0) is 31.7 Å². The van der Waals surface area contributed by atoms with Gasteiger partial charge >= 0.3 is 5.97 Å². The molecule has 1 fully saturated rings. The Labute approximate surface area is 124 Å². The number of hydrogen-bond acceptors (Lipinski definition) is 3. The molecule has 0 saturated carbocycles. The van der Waals surface area contributed by atoms with Crippen LogP contribution in [0.15, 0.2) is 24.3 Å². The molecular weight excluding hydrogens is 276 g/mol. The fraction of sp³-hybridized carbons (Fsp3) is 0.533. The summed E-state index contributed by atoms with van der Waals surface area (Å²) in [6.45, 7) is 5.69. The van der Waals surface area contributed by atoms with Gasteiger partial charge in [0.2, 0.25) is 0 Å². The van der Waals surface area contributed by atoms with E-state index >= 15 is 0 Å². The van der Waals surface area contributed by atoms with Gasteiger partial charge in [0.05, 0.1) is 12.0 Å². The summed E-state index contributed by atoms with van der Waals surface area (Å²) in [6, 6.07) is 7.52.